The number of carbonyl (C=O) groups is 1. The number of nitrogens with zero attached hydrogens (tertiary/aromatic N) is 2. The molecule has 6 heteroatoms. The number of non-ortho nitro benzene ring substituents is 1. The van der Waals surface area contributed by atoms with Gasteiger partial charge in [0.05, 0.1) is 22.2 Å². The number of hydrogen-bond acceptors (Lipinski definition) is 5. The van der Waals surface area contributed by atoms with Crippen LogP contribution in [0.2, 0.25) is 0 Å². The van der Waals surface area contributed by atoms with E-state index in [9.17, 15) is 20.0 Å². The first-order chi connectivity index (χ1) is 15.0. The van der Waals surface area contributed by atoms with E-state index in [2.05, 4.69) is 4.99 Å². The highest BCUT2D eigenvalue weighted by Crippen LogP contribution is 2.39. The maximum Gasteiger partial charge on any atom is 0.271 e. The van der Waals surface area contributed by atoms with Crippen molar-refractivity contribution in [1.82, 2.24) is 0 Å². The lowest BCUT2D eigenvalue weighted by Gasteiger charge is -2.15. The third-order valence-corrected chi connectivity index (χ3v) is 5.51. The van der Waals surface area contributed by atoms with Crippen LogP contribution >= 0.6 is 0 Å². The topological polar surface area (TPSA) is 95.6 Å². The first-order valence-corrected chi connectivity index (χ1v) is 9.69. The molecule has 0 bridgehead atoms. The highest BCUT2D eigenvalue weighted by atomic mass is 16.6. The van der Waals surface area contributed by atoms with Crippen molar-refractivity contribution in [3.05, 3.63) is 112 Å². The van der Waals surface area contributed by atoms with Gasteiger partial charge < -0.3 is 5.11 Å². The number of aliphatic imine (C=N–C) groups is 1. The maximum atomic E-state index is 13.3. The molecule has 1 aliphatic carbocycles. The number of rotatable bonds is 3. The normalized spacial score (nSPS) is 16.6. The average molecular weight is 407 g/mol. The number of carbonyl (C=O) groups excluding carboxylic acids is 1. The Labute approximate surface area is 177 Å². The predicted molar refractivity (Wildman–Crippen MR) is 116 cm³/mol. The van der Waals surface area contributed by atoms with Crippen molar-refractivity contribution in [1.29, 1.82) is 0 Å². The Kier molecular flexibility index (Phi) is 4.33. The molecule has 0 unspecified atom stereocenters. The lowest BCUT2D eigenvalue weighted by Crippen LogP contribution is -2.14. The molecule has 0 radical (unpaired) electrons. The van der Waals surface area contributed by atoms with Crippen LogP contribution in [0.4, 0.5) is 11.4 Å². The Bertz CT molecular complexity index is 1410. The zero-order valence-corrected chi connectivity index (χ0v) is 16.2. The molecule has 0 saturated heterocycles. The van der Waals surface area contributed by atoms with Crippen molar-refractivity contribution in [2.45, 2.75) is 5.92 Å². The minimum Gasteiger partial charge on any atom is -0.871 e. The van der Waals surface area contributed by atoms with Crippen LogP contribution in [-0.4, -0.2) is 16.4 Å². The fourth-order valence-electron chi connectivity index (χ4n) is 4.01. The summed E-state index contributed by atoms with van der Waals surface area (Å²) in [5, 5.41) is 25.6. The largest absolute Gasteiger partial charge is 0.871 e. The van der Waals surface area contributed by atoms with Crippen molar-refractivity contribution in [3.8, 4) is 5.75 Å². The van der Waals surface area contributed by atoms with Gasteiger partial charge in [-0.1, -0.05) is 78.5 Å². The third-order valence-electron chi connectivity index (χ3n) is 5.51. The van der Waals surface area contributed by atoms with Crippen LogP contribution in [0.5, 0.6) is 5.75 Å². The molecule has 1 aliphatic rings. The van der Waals surface area contributed by atoms with Crippen LogP contribution < -0.4 is 5.11 Å². The Morgan fingerprint density at radius 2 is 1.52 bits per heavy atom. The fraction of sp³-hybridized carbons (Fsp3) is 0.0400. The molecule has 0 spiro atoms. The molecule has 0 aromatic heterocycles. The molecule has 6 nitrogen and oxygen atoms in total. The lowest BCUT2D eigenvalue weighted by atomic mass is 9.91. The van der Waals surface area contributed by atoms with Gasteiger partial charge in [-0.25, -0.2) is 0 Å². The van der Waals surface area contributed by atoms with E-state index in [4.69, 9.17) is 0 Å². The van der Waals surface area contributed by atoms with Gasteiger partial charge in [-0.05, 0) is 16.3 Å². The van der Waals surface area contributed by atoms with Gasteiger partial charge in [-0.3, -0.25) is 19.9 Å². The summed E-state index contributed by atoms with van der Waals surface area (Å²) < 4.78 is 0. The molecular weight excluding hydrogens is 392 g/mol. The Morgan fingerprint density at radius 1 is 0.806 bits per heavy atom. The maximum absolute atomic E-state index is 13.3. The van der Waals surface area contributed by atoms with E-state index < -0.39 is 16.6 Å². The molecule has 0 aliphatic heterocycles. The van der Waals surface area contributed by atoms with Gasteiger partial charge in [0.1, 0.15) is 0 Å². The van der Waals surface area contributed by atoms with E-state index in [1.165, 1.54) is 0 Å². The van der Waals surface area contributed by atoms with Gasteiger partial charge >= 0.3 is 0 Å². The molecule has 1 atom stereocenters. The quantitative estimate of drug-likeness (QED) is 0.356. The van der Waals surface area contributed by atoms with Crippen molar-refractivity contribution >= 4 is 33.6 Å². The van der Waals surface area contributed by atoms with E-state index >= 15 is 0 Å². The first-order valence-electron chi connectivity index (χ1n) is 9.69. The molecule has 0 fully saturated rings. The van der Waals surface area contributed by atoms with Crippen LogP contribution in [0.1, 0.15) is 27.4 Å². The minimum atomic E-state index is -0.694. The summed E-state index contributed by atoms with van der Waals surface area (Å²) in [5.41, 5.74) is 2.07. The number of nitro benzene ring substituents is 1. The van der Waals surface area contributed by atoms with E-state index in [0.29, 0.717) is 16.8 Å². The highest BCUT2D eigenvalue weighted by molar-refractivity contribution is 6.32. The summed E-state index contributed by atoms with van der Waals surface area (Å²) in [6.45, 7) is 0. The standard InChI is InChI=1S/C25H16N2O4/c28-22-12-11-18(27(30)31)14-21(22)26-24-19-7-3-4-8-20(19)25(29)23(24)17-10-9-15-5-1-2-6-16(15)13-17/h1-14,23,28H/p-1/t23-/m0/s1. The van der Waals surface area contributed by atoms with Gasteiger partial charge in [0.2, 0.25) is 0 Å². The van der Waals surface area contributed by atoms with Gasteiger partial charge in [0.15, 0.2) is 5.78 Å². The zero-order valence-electron chi connectivity index (χ0n) is 16.2. The number of benzene rings is 4. The molecular formula is C25H15N2O4-. The van der Waals surface area contributed by atoms with Gasteiger partial charge in [-0.2, -0.15) is 0 Å². The summed E-state index contributed by atoms with van der Waals surface area (Å²) in [6.07, 6.45) is 0. The number of ketones is 1. The summed E-state index contributed by atoms with van der Waals surface area (Å²) in [6, 6.07) is 24.2. The van der Waals surface area contributed by atoms with Gasteiger partial charge in [0, 0.05) is 23.3 Å². The number of fused-ring (bicyclic) bond motifs is 2. The SMILES string of the molecule is O=C1c2ccccc2C(=Nc2cc([N+](=O)[O-])ccc2[O-])[C@@H]1c1ccc2ccccc2c1. The monoisotopic (exact) mass is 407 g/mol. The second-order valence-corrected chi connectivity index (χ2v) is 7.36. The molecule has 31 heavy (non-hydrogen) atoms. The lowest BCUT2D eigenvalue weighted by molar-refractivity contribution is -0.385. The number of hydrogen-bond donors (Lipinski definition) is 0. The van der Waals surface area contributed by atoms with E-state index in [1.54, 1.807) is 24.3 Å². The second-order valence-electron chi connectivity index (χ2n) is 7.36. The highest BCUT2D eigenvalue weighted by Gasteiger charge is 2.37. The third kappa shape index (κ3) is 3.14. The zero-order chi connectivity index (χ0) is 21.5. The van der Waals surface area contributed by atoms with Crippen molar-refractivity contribution < 1.29 is 14.8 Å². The molecule has 0 amide bonds. The molecule has 4 aromatic rings. The van der Waals surface area contributed by atoms with Gasteiger partial charge in [-0.15, -0.1) is 0 Å². The number of Topliss-reactive ketones (excluding diaryl/α,β-unsaturated/α-hetero) is 1. The molecule has 5 rings (SSSR count). The number of nitro groups is 1. The summed E-state index contributed by atoms with van der Waals surface area (Å²) >= 11 is 0. The summed E-state index contributed by atoms with van der Waals surface area (Å²) in [5.74, 6) is -1.24. The second kappa shape index (κ2) is 7.18. The van der Waals surface area contributed by atoms with Crippen molar-refractivity contribution in [3.63, 3.8) is 0 Å². The average Bonchev–Trinajstić information content (AvgIpc) is 3.06. The molecule has 150 valence electrons. The van der Waals surface area contributed by atoms with Crippen LogP contribution in [-0.2, 0) is 0 Å². The molecule has 0 N–H and O–H groups in total. The van der Waals surface area contributed by atoms with Crippen LogP contribution in [0.25, 0.3) is 10.8 Å². The van der Waals surface area contributed by atoms with E-state index in [0.717, 1.165) is 34.5 Å². The predicted octanol–water partition coefficient (Wildman–Crippen LogP) is 4.92. The van der Waals surface area contributed by atoms with Crippen molar-refractivity contribution in [2.24, 2.45) is 4.99 Å². The Hall–Kier alpha value is -4.32. The van der Waals surface area contributed by atoms with E-state index in [1.807, 2.05) is 42.5 Å². The van der Waals surface area contributed by atoms with Gasteiger partial charge in [0.25, 0.3) is 5.69 Å². The molecule has 0 saturated carbocycles. The Morgan fingerprint density at radius 3 is 2.29 bits per heavy atom. The fourth-order valence-corrected chi connectivity index (χ4v) is 4.01. The van der Waals surface area contributed by atoms with Crippen molar-refractivity contribution in [2.75, 3.05) is 0 Å². The molecule has 4 aromatic carbocycles. The van der Waals surface area contributed by atoms with E-state index in [-0.39, 0.29) is 17.2 Å². The smallest absolute Gasteiger partial charge is 0.271 e. The summed E-state index contributed by atoms with van der Waals surface area (Å²) in [7, 11) is 0. The van der Waals surface area contributed by atoms with Crippen LogP contribution in [0.15, 0.2) is 89.9 Å². The summed E-state index contributed by atoms with van der Waals surface area (Å²) in [4.78, 5) is 28.4. The first kappa shape index (κ1) is 18.7. The van der Waals surface area contributed by atoms with Crippen LogP contribution in [0.3, 0.4) is 0 Å². The molecule has 0 heterocycles. The minimum absolute atomic E-state index is 0.0560. The van der Waals surface area contributed by atoms with Crippen LogP contribution in [0, 0.1) is 10.1 Å². The Balaban J connectivity index is 1.72.